The summed E-state index contributed by atoms with van der Waals surface area (Å²) in [6.07, 6.45) is -1.71. The molecular formula is C27H26F4N4O2S. The minimum absolute atomic E-state index is 0.165. The normalized spacial score (nSPS) is 14.7. The molecule has 4 aromatic rings. The number of piperidine rings is 1. The summed E-state index contributed by atoms with van der Waals surface area (Å²) in [4.78, 5) is 20.9. The third kappa shape index (κ3) is 5.47. The number of carbonyl (C=O) groups excluding carboxylic acids is 1. The van der Waals surface area contributed by atoms with Crippen molar-refractivity contribution in [3.8, 4) is 5.75 Å². The SMILES string of the molecule is Cc1cn2c(C(=O)NCc3ccc(N4CCC(Oc5cccc(C(F)(F)F)c5)CC4)c(F)c3)c(C)nc2s1. The number of carbonyl (C=O) groups is 1. The third-order valence-corrected chi connectivity index (χ3v) is 7.44. The lowest BCUT2D eigenvalue weighted by Gasteiger charge is -2.34. The molecule has 0 saturated carbocycles. The van der Waals surface area contributed by atoms with E-state index in [0.717, 1.165) is 22.0 Å². The molecule has 1 N–H and O–H groups in total. The first-order valence-corrected chi connectivity index (χ1v) is 13.0. The molecule has 5 rings (SSSR count). The quantitative estimate of drug-likeness (QED) is 0.295. The van der Waals surface area contributed by atoms with Gasteiger partial charge in [0.15, 0.2) is 4.96 Å². The van der Waals surface area contributed by atoms with E-state index >= 15 is 4.39 Å². The van der Waals surface area contributed by atoms with E-state index in [1.54, 1.807) is 23.5 Å². The lowest BCUT2D eigenvalue weighted by molar-refractivity contribution is -0.137. The molecule has 0 radical (unpaired) electrons. The van der Waals surface area contributed by atoms with Crippen LogP contribution < -0.4 is 15.0 Å². The Morgan fingerprint density at radius 3 is 2.63 bits per heavy atom. The van der Waals surface area contributed by atoms with Crippen LogP contribution >= 0.6 is 11.3 Å². The van der Waals surface area contributed by atoms with E-state index in [4.69, 9.17) is 4.74 Å². The van der Waals surface area contributed by atoms with E-state index < -0.39 is 17.6 Å². The second kappa shape index (κ2) is 10.3. The minimum atomic E-state index is -4.43. The number of imidazole rings is 1. The molecule has 0 unspecified atom stereocenters. The number of halogens is 4. The van der Waals surface area contributed by atoms with Gasteiger partial charge in [0, 0.05) is 43.5 Å². The van der Waals surface area contributed by atoms with E-state index in [-0.39, 0.29) is 24.3 Å². The Morgan fingerprint density at radius 2 is 1.92 bits per heavy atom. The van der Waals surface area contributed by atoms with Crippen LogP contribution in [0.1, 0.15) is 45.0 Å². The van der Waals surface area contributed by atoms with Crippen molar-refractivity contribution in [2.24, 2.45) is 0 Å². The Labute approximate surface area is 220 Å². The standard InChI is InChI=1S/C27H26F4N4O2S/c1-16-15-35-24(17(2)33-26(35)38-16)25(36)32-14-18-6-7-23(22(28)12-18)34-10-8-20(9-11-34)37-21-5-3-4-19(13-21)27(29,30)31/h3-7,12-13,15,20H,8-11,14H2,1-2H3,(H,32,36). The lowest BCUT2D eigenvalue weighted by Crippen LogP contribution is -2.38. The Hall–Kier alpha value is -3.60. The first-order chi connectivity index (χ1) is 18.1. The van der Waals surface area contributed by atoms with Crippen LogP contribution in [0.15, 0.2) is 48.7 Å². The number of hydrogen-bond donors (Lipinski definition) is 1. The molecule has 38 heavy (non-hydrogen) atoms. The van der Waals surface area contributed by atoms with Crippen molar-refractivity contribution >= 4 is 27.9 Å². The number of benzene rings is 2. The smallest absolute Gasteiger partial charge is 0.416 e. The van der Waals surface area contributed by atoms with Crippen LogP contribution in [0.2, 0.25) is 0 Å². The molecule has 3 heterocycles. The number of hydrogen-bond acceptors (Lipinski definition) is 5. The molecule has 1 fully saturated rings. The predicted octanol–water partition coefficient (Wildman–Crippen LogP) is 6.15. The van der Waals surface area contributed by atoms with E-state index in [1.165, 1.54) is 29.5 Å². The van der Waals surface area contributed by atoms with Gasteiger partial charge in [-0.05, 0) is 49.7 Å². The second-order valence-corrected chi connectivity index (χ2v) is 10.6. The van der Waals surface area contributed by atoms with Crippen molar-refractivity contribution in [3.05, 3.63) is 81.9 Å². The maximum Gasteiger partial charge on any atom is 0.416 e. The topological polar surface area (TPSA) is 58.9 Å². The van der Waals surface area contributed by atoms with Gasteiger partial charge in [-0.15, -0.1) is 11.3 Å². The number of fused-ring (bicyclic) bond motifs is 1. The fraction of sp³-hybridized carbons (Fsp3) is 0.333. The highest BCUT2D eigenvalue weighted by molar-refractivity contribution is 7.17. The molecule has 0 atom stereocenters. The van der Waals surface area contributed by atoms with E-state index in [9.17, 15) is 18.0 Å². The van der Waals surface area contributed by atoms with Crippen LogP contribution in [0.5, 0.6) is 5.75 Å². The first kappa shape index (κ1) is 26.0. The van der Waals surface area contributed by atoms with Crippen LogP contribution in [0.25, 0.3) is 4.96 Å². The summed E-state index contributed by atoms with van der Waals surface area (Å²) in [7, 11) is 0. The summed E-state index contributed by atoms with van der Waals surface area (Å²) in [5, 5.41) is 2.85. The first-order valence-electron chi connectivity index (χ1n) is 12.2. The Bertz CT molecular complexity index is 1470. The molecule has 2 aromatic carbocycles. The second-order valence-electron chi connectivity index (χ2n) is 9.34. The minimum Gasteiger partial charge on any atom is -0.490 e. The Kier molecular flexibility index (Phi) is 7.04. The number of thiazole rings is 1. The predicted molar refractivity (Wildman–Crippen MR) is 137 cm³/mol. The largest absolute Gasteiger partial charge is 0.490 e. The van der Waals surface area contributed by atoms with Crippen LogP contribution in [-0.4, -0.2) is 34.5 Å². The van der Waals surface area contributed by atoms with Gasteiger partial charge in [-0.1, -0.05) is 12.1 Å². The number of rotatable bonds is 6. The molecule has 200 valence electrons. The monoisotopic (exact) mass is 546 g/mol. The summed E-state index contributed by atoms with van der Waals surface area (Å²) in [5.74, 6) is -0.498. The van der Waals surface area contributed by atoms with Crippen LogP contribution in [0.4, 0.5) is 23.2 Å². The number of anilines is 1. The van der Waals surface area contributed by atoms with Gasteiger partial charge in [-0.2, -0.15) is 13.2 Å². The van der Waals surface area contributed by atoms with Crippen molar-refractivity contribution in [2.75, 3.05) is 18.0 Å². The highest BCUT2D eigenvalue weighted by Crippen LogP contribution is 2.32. The highest BCUT2D eigenvalue weighted by Gasteiger charge is 2.31. The Morgan fingerprint density at radius 1 is 1.16 bits per heavy atom. The van der Waals surface area contributed by atoms with E-state index in [0.29, 0.717) is 48.6 Å². The molecule has 0 spiro atoms. The zero-order chi connectivity index (χ0) is 27.0. The average molecular weight is 547 g/mol. The molecule has 6 nitrogen and oxygen atoms in total. The number of ether oxygens (including phenoxy) is 1. The molecule has 1 saturated heterocycles. The summed E-state index contributed by atoms with van der Waals surface area (Å²) in [6.45, 7) is 4.91. The zero-order valence-corrected chi connectivity index (χ0v) is 21.6. The van der Waals surface area contributed by atoms with Crippen LogP contribution in [-0.2, 0) is 12.7 Å². The fourth-order valence-corrected chi connectivity index (χ4v) is 5.54. The van der Waals surface area contributed by atoms with Gasteiger partial charge < -0.3 is 15.0 Å². The van der Waals surface area contributed by atoms with Crippen LogP contribution in [0, 0.1) is 19.7 Å². The Balaban J connectivity index is 1.17. The summed E-state index contributed by atoms with van der Waals surface area (Å²) in [5.41, 5.74) is 1.43. The summed E-state index contributed by atoms with van der Waals surface area (Å²) >= 11 is 1.51. The van der Waals surface area contributed by atoms with Crippen molar-refractivity contribution in [3.63, 3.8) is 0 Å². The van der Waals surface area contributed by atoms with Gasteiger partial charge >= 0.3 is 6.18 Å². The lowest BCUT2D eigenvalue weighted by atomic mass is 10.1. The van der Waals surface area contributed by atoms with Crippen LogP contribution in [0.3, 0.4) is 0 Å². The summed E-state index contributed by atoms with van der Waals surface area (Å²) < 4.78 is 61.4. The number of nitrogens with one attached hydrogen (secondary N) is 1. The van der Waals surface area contributed by atoms with Gasteiger partial charge in [0.2, 0.25) is 0 Å². The maximum absolute atomic E-state index is 15.0. The maximum atomic E-state index is 15.0. The van der Waals surface area contributed by atoms with Gasteiger partial charge in [0.25, 0.3) is 5.91 Å². The molecule has 2 aromatic heterocycles. The molecule has 1 aliphatic rings. The average Bonchev–Trinajstić information content (AvgIpc) is 3.36. The third-order valence-electron chi connectivity index (χ3n) is 6.54. The van der Waals surface area contributed by atoms with E-state index in [1.807, 2.05) is 18.0 Å². The highest BCUT2D eigenvalue weighted by atomic mass is 32.1. The molecule has 0 aliphatic carbocycles. The number of nitrogens with zero attached hydrogens (tertiary/aromatic N) is 3. The fourth-order valence-electron chi connectivity index (χ4n) is 4.67. The van der Waals surface area contributed by atoms with Gasteiger partial charge in [0.05, 0.1) is 16.9 Å². The molecular weight excluding hydrogens is 520 g/mol. The van der Waals surface area contributed by atoms with Gasteiger partial charge in [-0.3, -0.25) is 9.20 Å². The van der Waals surface area contributed by atoms with Crippen molar-refractivity contribution in [1.29, 1.82) is 0 Å². The molecule has 11 heteroatoms. The summed E-state index contributed by atoms with van der Waals surface area (Å²) in [6, 6.07) is 9.72. The number of amides is 1. The molecule has 1 amide bonds. The number of alkyl halides is 3. The van der Waals surface area contributed by atoms with E-state index in [2.05, 4.69) is 10.3 Å². The molecule has 1 aliphatic heterocycles. The van der Waals surface area contributed by atoms with Crippen molar-refractivity contribution in [1.82, 2.24) is 14.7 Å². The number of aromatic nitrogens is 2. The van der Waals surface area contributed by atoms with Gasteiger partial charge in [0.1, 0.15) is 23.4 Å². The van der Waals surface area contributed by atoms with Gasteiger partial charge in [-0.25, -0.2) is 9.37 Å². The van der Waals surface area contributed by atoms with Crippen molar-refractivity contribution in [2.45, 2.75) is 45.5 Å². The van der Waals surface area contributed by atoms with Crippen molar-refractivity contribution < 1.29 is 27.1 Å². The number of aryl methyl sites for hydroxylation is 2. The zero-order valence-electron chi connectivity index (χ0n) is 20.8. The molecule has 0 bridgehead atoms.